The van der Waals surface area contributed by atoms with E-state index < -0.39 is 0 Å². The van der Waals surface area contributed by atoms with E-state index in [9.17, 15) is 0 Å². The van der Waals surface area contributed by atoms with E-state index in [0.29, 0.717) is 23.1 Å². The molecular weight excluding hydrogens is 260 g/mol. The van der Waals surface area contributed by atoms with Crippen LogP contribution in [0.15, 0.2) is 0 Å². The molecule has 0 radical (unpaired) electrons. The second-order valence-corrected chi connectivity index (χ2v) is 8.49. The average Bonchev–Trinajstić information content (AvgIpc) is 2.38. The molecule has 124 valence electrons. The van der Waals surface area contributed by atoms with E-state index in [1.165, 1.54) is 38.6 Å². The molecule has 21 heavy (non-hydrogen) atoms. The van der Waals surface area contributed by atoms with Gasteiger partial charge in [0.05, 0.1) is 12.7 Å². The van der Waals surface area contributed by atoms with Crippen LogP contribution in [0, 0.1) is 5.41 Å². The fourth-order valence-electron chi connectivity index (χ4n) is 4.06. The summed E-state index contributed by atoms with van der Waals surface area (Å²) in [4.78, 5) is 2.71. The Morgan fingerprint density at radius 3 is 2.43 bits per heavy atom. The lowest BCUT2D eigenvalue weighted by Gasteiger charge is -2.53. The number of rotatable bonds is 4. The summed E-state index contributed by atoms with van der Waals surface area (Å²) in [6.45, 7) is 15.6. The van der Waals surface area contributed by atoms with Gasteiger partial charge in [-0.2, -0.15) is 0 Å². The van der Waals surface area contributed by atoms with Gasteiger partial charge in [-0.1, -0.05) is 40.0 Å². The molecule has 1 aliphatic carbocycles. The van der Waals surface area contributed by atoms with Gasteiger partial charge in [-0.05, 0) is 32.1 Å². The van der Waals surface area contributed by atoms with Gasteiger partial charge in [0.2, 0.25) is 0 Å². The second-order valence-electron chi connectivity index (χ2n) is 8.49. The van der Waals surface area contributed by atoms with Gasteiger partial charge in [0.15, 0.2) is 0 Å². The van der Waals surface area contributed by atoms with Crippen LogP contribution in [0.3, 0.4) is 0 Å². The van der Waals surface area contributed by atoms with Crippen LogP contribution in [0.2, 0.25) is 0 Å². The molecule has 1 heterocycles. The molecule has 3 nitrogen and oxygen atoms in total. The quantitative estimate of drug-likeness (QED) is 0.860. The largest absolute Gasteiger partial charge is 0.377 e. The van der Waals surface area contributed by atoms with Crippen LogP contribution in [-0.2, 0) is 4.74 Å². The van der Waals surface area contributed by atoms with Gasteiger partial charge in [-0.15, -0.1) is 0 Å². The third-order valence-corrected chi connectivity index (χ3v) is 5.26. The van der Waals surface area contributed by atoms with E-state index in [4.69, 9.17) is 4.74 Å². The number of ether oxygens (including phenoxy) is 1. The molecule has 1 atom stereocenters. The van der Waals surface area contributed by atoms with Crippen molar-refractivity contribution in [1.29, 1.82) is 0 Å². The molecule has 1 N–H and O–H groups in total. The highest BCUT2D eigenvalue weighted by atomic mass is 16.5. The Morgan fingerprint density at radius 2 is 1.86 bits per heavy atom. The molecule has 1 saturated heterocycles. The summed E-state index contributed by atoms with van der Waals surface area (Å²) in [6, 6.07) is 0.612. The average molecular weight is 296 g/mol. The third-order valence-electron chi connectivity index (χ3n) is 5.26. The molecule has 1 aliphatic heterocycles. The van der Waals surface area contributed by atoms with Crippen molar-refractivity contribution >= 4 is 0 Å². The predicted molar refractivity (Wildman–Crippen MR) is 89.7 cm³/mol. The van der Waals surface area contributed by atoms with E-state index in [-0.39, 0.29) is 0 Å². The molecule has 0 bridgehead atoms. The molecule has 0 aromatic rings. The van der Waals surface area contributed by atoms with Crippen molar-refractivity contribution in [2.45, 2.75) is 84.4 Å². The van der Waals surface area contributed by atoms with Crippen LogP contribution in [0.25, 0.3) is 0 Å². The fraction of sp³-hybridized carbons (Fsp3) is 1.00. The van der Waals surface area contributed by atoms with E-state index in [1.54, 1.807) is 0 Å². The van der Waals surface area contributed by atoms with Crippen molar-refractivity contribution in [1.82, 2.24) is 10.2 Å². The van der Waals surface area contributed by atoms with Crippen LogP contribution >= 0.6 is 0 Å². The van der Waals surface area contributed by atoms with Crippen molar-refractivity contribution in [3.8, 4) is 0 Å². The zero-order valence-electron chi connectivity index (χ0n) is 14.9. The van der Waals surface area contributed by atoms with Gasteiger partial charge in [-0.3, -0.25) is 4.90 Å². The van der Waals surface area contributed by atoms with Crippen molar-refractivity contribution in [3.63, 3.8) is 0 Å². The van der Waals surface area contributed by atoms with Gasteiger partial charge in [0, 0.05) is 31.2 Å². The van der Waals surface area contributed by atoms with E-state index in [0.717, 1.165) is 19.7 Å². The first-order valence-electron chi connectivity index (χ1n) is 8.93. The first kappa shape index (κ1) is 17.2. The summed E-state index contributed by atoms with van der Waals surface area (Å²) in [5.74, 6) is 0. The van der Waals surface area contributed by atoms with Crippen LogP contribution in [0.1, 0.15) is 66.7 Å². The Balaban J connectivity index is 2.00. The molecule has 2 fully saturated rings. The highest BCUT2D eigenvalue weighted by Crippen LogP contribution is 2.35. The maximum atomic E-state index is 5.82. The van der Waals surface area contributed by atoms with Crippen molar-refractivity contribution in [3.05, 3.63) is 0 Å². The monoisotopic (exact) mass is 296 g/mol. The topological polar surface area (TPSA) is 24.5 Å². The minimum Gasteiger partial charge on any atom is -0.377 e. The van der Waals surface area contributed by atoms with Crippen LogP contribution in [0.4, 0.5) is 0 Å². The number of nitrogens with one attached hydrogen (secondary N) is 1. The zero-order chi connectivity index (χ0) is 15.5. The predicted octanol–water partition coefficient (Wildman–Crippen LogP) is 3.43. The molecule has 3 heteroatoms. The van der Waals surface area contributed by atoms with Gasteiger partial charge in [0.25, 0.3) is 0 Å². The Hall–Kier alpha value is -0.120. The summed E-state index contributed by atoms with van der Waals surface area (Å²) in [6.07, 6.45) is 7.25. The summed E-state index contributed by atoms with van der Waals surface area (Å²) < 4.78 is 5.82. The van der Waals surface area contributed by atoms with Gasteiger partial charge < -0.3 is 10.1 Å². The lowest BCUT2D eigenvalue weighted by Crippen LogP contribution is -2.67. The number of hydrogen-bond donors (Lipinski definition) is 1. The number of piperazine rings is 1. The maximum Gasteiger partial charge on any atom is 0.0597 e. The van der Waals surface area contributed by atoms with Crippen LogP contribution in [0.5, 0.6) is 0 Å². The van der Waals surface area contributed by atoms with Crippen LogP contribution in [-0.4, -0.2) is 48.8 Å². The van der Waals surface area contributed by atoms with Gasteiger partial charge in [-0.25, -0.2) is 0 Å². The molecular formula is C18H36N2O. The standard InChI is InChI=1S/C18H36N2O/c1-15(2)21-12-11-20-14-18(9-7-6-8-10-18)19-13-16(20)17(3,4)5/h15-16,19H,6-14H2,1-5H3. The van der Waals surface area contributed by atoms with Crippen molar-refractivity contribution in [2.75, 3.05) is 26.2 Å². The van der Waals surface area contributed by atoms with E-state index in [2.05, 4.69) is 44.8 Å². The molecule has 1 saturated carbocycles. The first-order valence-corrected chi connectivity index (χ1v) is 8.93. The second kappa shape index (κ2) is 6.97. The Bertz CT molecular complexity index is 316. The summed E-state index contributed by atoms with van der Waals surface area (Å²) >= 11 is 0. The number of nitrogens with zero attached hydrogens (tertiary/aromatic N) is 1. The molecule has 0 aromatic heterocycles. The smallest absolute Gasteiger partial charge is 0.0597 e. The summed E-state index contributed by atoms with van der Waals surface area (Å²) in [5, 5.41) is 3.94. The number of hydrogen-bond acceptors (Lipinski definition) is 3. The Kier molecular flexibility index (Phi) is 5.72. The lowest BCUT2D eigenvalue weighted by atomic mass is 9.76. The van der Waals surface area contributed by atoms with Crippen molar-refractivity contribution in [2.24, 2.45) is 5.41 Å². The first-order chi connectivity index (χ1) is 9.82. The highest BCUT2D eigenvalue weighted by molar-refractivity contribution is 5.02. The van der Waals surface area contributed by atoms with Gasteiger partial charge in [0.1, 0.15) is 0 Å². The minimum absolute atomic E-state index is 0.321. The zero-order valence-corrected chi connectivity index (χ0v) is 14.9. The molecule has 2 aliphatic rings. The minimum atomic E-state index is 0.321. The molecule has 1 spiro atoms. The van der Waals surface area contributed by atoms with E-state index >= 15 is 0 Å². The fourth-order valence-corrected chi connectivity index (χ4v) is 4.06. The van der Waals surface area contributed by atoms with E-state index in [1.807, 2.05) is 0 Å². The van der Waals surface area contributed by atoms with Crippen LogP contribution < -0.4 is 5.32 Å². The normalized spacial score (nSPS) is 27.4. The Morgan fingerprint density at radius 1 is 1.19 bits per heavy atom. The summed E-state index contributed by atoms with van der Waals surface area (Å²) in [7, 11) is 0. The highest BCUT2D eigenvalue weighted by Gasteiger charge is 2.42. The molecule has 0 aromatic carbocycles. The lowest BCUT2D eigenvalue weighted by molar-refractivity contribution is -0.0180. The molecule has 1 unspecified atom stereocenters. The summed E-state index contributed by atoms with van der Waals surface area (Å²) in [5.41, 5.74) is 0.707. The SMILES string of the molecule is CC(C)OCCN1CC2(CCCCC2)NCC1C(C)(C)C. The van der Waals surface area contributed by atoms with Gasteiger partial charge >= 0.3 is 0 Å². The Labute approximate surface area is 131 Å². The molecule has 0 amide bonds. The third kappa shape index (κ3) is 4.67. The van der Waals surface area contributed by atoms with Crippen molar-refractivity contribution < 1.29 is 4.74 Å². The maximum absolute atomic E-state index is 5.82. The molecule has 2 rings (SSSR count).